The Labute approximate surface area is 69.6 Å². The van der Waals surface area contributed by atoms with Crippen LogP contribution in [-0.2, 0) is 11.3 Å². The molecule has 0 fully saturated rings. The summed E-state index contributed by atoms with van der Waals surface area (Å²) in [5, 5.41) is 8.32. The van der Waals surface area contributed by atoms with Crippen LogP contribution in [0, 0.1) is 0 Å². The Kier molecular flexibility index (Phi) is 2.68. The minimum atomic E-state index is -0.987. The standard InChI is InChI=1S/C7H10N2O3/c1-2-9-5-8-3-6(9)12-4-7(10)11/h3,5H,2,4H2,1H3,(H,10,11). The molecule has 1 N–H and O–H groups in total. The van der Waals surface area contributed by atoms with Gasteiger partial charge in [-0.3, -0.25) is 0 Å². The lowest BCUT2D eigenvalue weighted by molar-refractivity contribution is -0.139. The van der Waals surface area contributed by atoms with Crippen molar-refractivity contribution in [3.05, 3.63) is 12.5 Å². The molecule has 0 saturated carbocycles. The maximum Gasteiger partial charge on any atom is 0.341 e. The zero-order valence-electron chi connectivity index (χ0n) is 6.73. The van der Waals surface area contributed by atoms with Crippen LogP contribution in [-0.4, -0.2) is 27.2 Å². The van der Waals surface area contributed by atoms with Gasteiger partial charge in [0.15, 0.2) is 6.61 Å². The molecular formula is C7H10N2O3. The van der Waals surface area contributed by atoms with Crippen molar-refractivity contribution in [2.24, 2.45) is 0 Å². The van der Waals surface area contributed by atoms with Gasteiger partial charge in [0, 0.05) is 6.54 Å². The van der Waals surface area contributed by atoms with E-state index in [9.17, 15) is 4.79 Å². The van der Waals surface area contributed by atoms with E-state index in [4.69, 9.17) is 9.84 Å². The molecule has 5 heteroatoms. The topological polar surface area (TPSA) is 64.4 Å². The van der Waals surface area contributed by atoms with Crippen molar-refractivity contribution in [1.29, 1.82) is 0 Å². The maximum absolute atomic E-state index is 10.1. The highest BCUT2D eigenvalue weighted by Gasteiger charge is 2.03. The predicted octanol–water partition coefficient (Wildman–Crippen LogP) is 0.366. The van der Waals surface area contributed by atoms with E-state index in [0.29, 0.717) is 5.88 Å². The zero-order valence-corrected chi connectivity index (χ0v) is 6.73. The van der Waals surface area contributed by atoms with Crippen LogP contribution in [0.15, 0.2) is 12.5 Å². The quantitative estimate of drug-likeness (QED) is 0.708. The van der Waals surface area contributed by atoms with Gasteiger partial charge in [-0.05, 0) is 6.92 Å². The smallest absolute Gasteiger partial charge is 0.341 e. The molecule has 1 heterocycles. The molecule has 0 spiro atoms. The summed E-state index contributed by atoms with van der Waals surface area (Å²) < 4.78 is 6.66. The Morgan fingerprint density at radius 2 is 2.58 bits per heavy atom. The molecule has 0 saturated heterocycles. The molecule has 0 unspecified atom stereocenters. The number of hydrogen-bond donors (Lipinski definition) is 1. The average molecular weight is 170 g/mol. The number of rotatable bonds is 4. The van der Waals surface area contributed by atoms with Crippen molar-refractivity contribution in [1.82, 2.24) is 9.55 Å². The third-order valence-electron chi connectivity index (χ3n) is 1.36. The van der Waals surface area contributed by atoms with E-state index >= 15 is 0 Å². The highest BCUT2D eigenvalue weighted by Crippen LogP contribution is 2.08. The first-order valence-electron chi connectivity index (χ1n) is 3.58. The van der Waals surface area contributed by atoms with Crippen LogP contribution in [0.3, 0.4) is 0 Å². The average Bonchev–Trinajstić information content (AvgIpc) is 2.47. The van der Waals surface area contributed by atoms with Crippen LogP contribution in [0.25, 0.3) is 0 Å². The molecule has 0 radical (unpaired) electrons. The second-order valence-electron chi connectivity index (χ2n) is 2.20. The molecule has 0 bridgehead atoms. The molecular weight excluding hydrogens is 160 g/mol. The van der Waals surface area contributed by atoms with Crippen molar-refractivity contribution < 1.29 is 14.6 Å². The normalized spacial score (nSPS) is 9.75. The van der Waals surface area contributed by atoms with Gasteiger partial charge in [0.2, 0.25) is 5.88 Å². The first-order valence-corrected chi connectivity index (χ1v) is 3.58. The van der Waals surface area contributed by atoms with Gasteiger partial charge in [-0.2, -0.15) is 0 Å². The van der Waals surface area contributed by atoms with Crippen molar-refractivity contribution >= 4 is 5.97 Å². The largest absolute Gasteiger partial charge is 0.479 e. The Bertz CT molecular complexity index is 269. The minimum Gasteiger partial charge on any atom is -0.479 e. The summed E-state index contributed by atoms with van der Waals surface area (Å²) in [7, 11) is 0. The van der Waals surface area contributed by atoms with Gasteiger partial charge in [-0.25, -0.2) is 9.78 Å². The van der Waals surface area contributed by atoms with Gasteiger partial charge in [-0.1, -0.05) is 0 Å². The second-order valence-corrected chi connectivity index (χ2v) is 2.20. The number of carboxylic acid groups (broad SMARTS) is 1. The summed E-state index contributed by atoms with van der Waals surface area (Å²) in [6.07, 6.45) is 3.09. The van der Waals surface area contributed by atoms with Crippen molar-refractivity contribution in [3.8, 4) is 5.88 Å². The molecule has 5 nitrogen and oxygen atoms in total. The lowest BCUT2D eigenvalue weighted by atomic mass is 10.7. The zero-order chi connectivity index (χ0) is 8.97. The van der Waals surface area contributed by atoms with E-state index in [2.05, 4.69) is 4.98 Å². The first kappa shape index (κ1) is 8.58. The predicted molar refractivity (Wildman–Crippen MR) is 41.0 cm³/mol. The van der Waals surface area contributed by atoms with E-state index < -0.39 is 5.97 Å². The Morgan fingerprint density at radius 3 is 3.17 bits per heavy atom. The second kappa shape index (κ2) is 3.75. The van der Waals surface area contributed by atoms with Crippen molar-refractivity contribution in [2.45, 2.75) is 13.5 Å². The molecule has 1 aromatic rings. The Morgan fingerprint density at radius 1 is 1.83 bits per heavy atom. The summed E-state index contributed by atoms with van der Waals surface area (Å²) >= 11 is 0. The molecule has 1 aromatic heterocycles. The fourth-order valence-corrected chi connectivity index (χ4v) is 0.802. The summed E-state index contributed by atoms with van der Waals surface area (Å²) in [5.41, 5.74) is 0. The van der Waals surface area contributed by atoms with Crippen LogP contribution in [0.4, 0.5) is 0 Å². The van der Waals surface area contributed by atoms with E-state index in [-0.39, 0.29) is 6.61 Å². The first-order chi connectivity index (χ1) is 5.74. The molecule has 12 heavy (non-hydrogen) atoms. The lowest BCUT2D eigenvalue weighted by Gasteiger charge is -2.04. The number of aliphatic carboxylic acids is 1. The molecule has 0 amide bonds. The third kappa shape index (κ3) is 1.98. The molecule has 66 valence electrons. The lowest BCUT2D eigenvalue weighted by Crippen LogP contribution is -2.11. The molecule has 0 aliphatic heterocycles. The Hall–Kier alpha value is -1.52. The summed E-state index contributed by atoms with van der Waals surface area (Å²) in [4.78, 5) is 14.0. The number of carbonyl (C=O) groups is 1. The Balaban J connectivity index is 2.56. The van der Waals surface area contributed by atoms with Crippen molar-refractivity contribution in [3.63, 3.8) is 0 Å². The van der Waals surface area contributed by atoms with E-state index in [1.165, 1.54) is 6.20 Å². The highest BCUT2D eigenvalue weighted by molar-refractivity contribution is 5.68. The van der Waals surface area contributed by atoms with Gasteiger partial charge in [0.05, 0.1) is 12.5 Å². The molecule has 0 aliphatic rings. The van der Waals surface area contributed by atoms with E-state index in [0.717, 1.165) is 6.54 Å². The molecule has 0 atom stereocenters. The van der Waals surface area contributed by atoms with Crippen molar-refractivity contribution in [2.75, 3.05) is 6.61 Å². The number of ether oxygens (including phenoxy) is 1. The van der Waals surface area contributed by atoms with Gasteiger partial charge in [-0.15, -0.1) is 0 Å². The fourth-order valence-electron chi connectivity index (χ4n) is 0.802. The maximum atomic E-state index is 10.1. The van der Waals surface area contributed by atoms with Crippen LogP contribution in [0.2, 0.25) is 0 Å². The summed E-state index contributed by atoms with van der Waals surface area (Å²) in [6.45, 7) is 2.32. The van der Waals surface area contributed by atoms with Gasteiger partial charge >= 0.3 is 5.97 Å². The number of aromatic nitrogens is 2. The molecule has 1 rings (SSSR count). The number of imidazole rings is 1. The van der Waals surface area contributed by atoms with Crippen LogP contribution >= 0.6 is 0 Å². The SMILES string of the molecule is CCn1cncc1OCC(=O)O. The summed E-state index contributed by atoms with van der Waals surface area (Å²) in [5.74, 6) is -0.501. The monoisotopic (exact) mass is 170 g/mol. The van der Waals surface area contributed by atoms with Gasteiger partial charge in [0.25, 0.3) is 0 Å². The highest BCUT2D eigenvalue weighted by atomic mass is 16.5. The summed E-state index contributed by atoms with van der Waals surface area (Å²) in [6, 6.07) is 0. The molecule has 0 aromatic carbocycles. The van der Waals surface area contributed by atoms with E-state index in [1.54, 1.807) is 10.9 Å². The minimum absolute atomic E-state index is 0.328. The fraction of sp³-hybridized carbons (Fsp3) is 0.429. The third-order valence-corrected chi connectivity index (χ3v) is 1.36. The van der Waals surface area contributed by atoms with Crippen LogP contribution in [0.1, 0.15) is 6.92 Å². The number of aryl methyl sites for hydroxylation is 1. The number of carboxylic acids is 1. The molecule has 0 aliphatic carbocycles. The van der Waals surface area contributed by atoms with Crippen LogP contribution in [0.5, 0.6) is 5.88 Å². The van der Waals surface area contributed by atoms with E-state index in [1.807, 2.05) is 6.92 Å². The van der Waals surface area contributed by atoms with Crippen LogP contribution < -0.4 is 4.74 Å². The number of hydrogen-bond acceptors (Lipinski definition) is 3. The van der Waals surface area contributed by atoms with Gasteiger partial charge < -0.3 is 14.4 Å². The van der Waals surface area contributed by atoms with Gasteiger partial charge in [0.1, 0.15) is 0 Å². The number of nitrogens with zero attached hydrogens (tertiary/aromatic N) is 2.